The van der Waals surface area contributed by atoms with Gasteiger partial charge in [-0.25, -0.2) is 9.78 Å². The van der Waals surface area contributed by atoms with Crippen LogP contribution in [0, 0.1) is 6.92 Å². The number of halogens is 1. The van der Waals surface area contributed by atoms with Crippen molar-refractivity contribution in [2.45, 2.75) is 20.4 Å². The number of carboxylic acid groups (broad SMARTS) is 1. The van der Waals surface area contributed by atoms with Crippen molar-refractivity contribution in [3.8, 4) is 22.8 Å². The zero-order valence-electron chi connectivity index (χ0n) is 18.3. The van der Waals surface area contributed by atoms with Gasteiger partial charge in [0, 0.05) is 23.3 Å². The Balaban J connectivity index is 1.48. The second-order valence-corrected chi connectivity index (χ2v) is 8.00. The lowest BCUT2D eigenvalue weighted by molar-refractivity contribution is 0.0697. The predicted molar refractivity (Wildman–Crippen MR) is 132 cm³/mol. The summed E-state index contributed by atoms with van der Waals surface area (Å²) < 4.78 is 7.91. The second-order valence-electron chi connectivity index (χ2n) is 7.56. The van der Waals surface area contributed by atoms with Crippen LogP contribution in [0.15, 0.2) is 72.9 Å². The van der Waals surface area contributed by atoms with E-state index in [1.165, 1.54) is 12.1 Å². The highest BCUT2D eigenvalue weighted by molar-refractivity contribution is 6.30. The Hall–Kier alpha value is -3.83. The van der Waals surface area contributed by atoms with Gasteiger partial charge in [0.25, 0.3) is 0 Å². The molecule has 0 bridgehead atoms. The summed E-state index contributed by atoms with van der Waals surface area (Å²) in [6, 6.07) is 19.8. The van der Waals surface area contributed by atoms with E-state index in [1.54, 1.807) is 12.1 Å². The average Bonchev–Trinajstić information content (AvgIpc) is 3.22. The molecule has 4 aromatic rings. The molecule has 0 atom stereocenters. The van der Waals surface area contributed by atoms with Crippen LogP contribution < -0.4 is 4.74 Å². The van der Waals surface area contributed by atoms with E-state index in [9.17, 15) is 4.79 Å². The highest BCUT2D eigenvalue weighted by Gasteiger charge is 2.09. The molecule has 0 saturated heterocycles. The molecule has 0 aliphatic heterocycles. The van der Waals surface area contributed by atoms with Crippen LogP contribution in [0.3, 0.4) is 0 Å². The minimum atomic E-state index is -0.961. The lowest BCUT2D eigenvalue weighted by atomic mass is 10.1. The standard InChI is InChI=1S/C27H23ClN2O3/c1-3-30-17-25(24-14-9-21(28)16-18(24)2)29-26(30)15-6-19-4-10-22(11-5-19)33-23-12-7-20(8-13-23)27(31)32/h4-17H,3H2,1-2H3,(H,31,32)/b15-6+. The third-order valence-corrected chi connectivity index (χ3v) is 5.49. The molecule has 0 fully saturated rings. The fourth-order valence-electron chi connectivity index (χ4n) is 3.48. The molecule has 0 amide bonds. The van der Waals surface area contributed by atoms with E-state index in [1.807, 2.05) is 61.5 Å². The van der Waals surface area contributed by atoms with Crippen LogP contribution in [0.25, 0.3) is 23.4 Å². The van der Waals surface area contributed by atoms with E-state index >= 15 is 0 Å². The summed E-state index contributed by atoms with van der Waals surface area (Å²) in [7, 11) is 0. The van der Waals surface area contributed by atoms with E-state index in [0.717, 1.165) is 39.8 Å². The fraction of sp³-hybridized carbons (Fsp3) is 0.111. The molecule has 3 aromatic carbocycles. The van der Waals surface area contributed by atoms with Gasteiger partial charge in [0.2, 0.25) is 0 Å². The largest absolute Gasteiger partial charge is 0.478 e. The summed E-state index contributed by atoms with van der Waals surface area (Å²) in [6.07, 6.45) is 6.07. The molecule has 166 valence electrons. The van der Waals surface area contributed by atoms with Crippen LogP contribution in [0.1, 0.15) is 34.2 Å². The number of hydrogen-bond acceptors (Lipinski definition) is 3. The SMILES string of the molecule is CCn1cc(-c2ccc(Cl)cc2C)nc1/C=C/c1ccc(Oc2ccc(C(=O)O)cc2)cc1. The number of nitrogens with zero attached hydrogens (tertiary/aromatic N) is 2. The lowest BCUT2D eigenvalue weighted by Crippen LogP contribution is -1.95. The van der Waals surface area contributed by atoms with Crippen molar-refractivity contribution in [2.24, 2.45) is 0 Å². The van der Waals surface area contributed by atoms with Gasteiger partial charge < -0.3 is 14.4 Å². The molecule has 0 spiro atoms. The van der Waals surface area contributed by atoms with Gasteiger partial charge in [0.05, 0.1) is 11.3 Å². The maximum Gasteiger partial charge on any atom is 0.335 e. The Morgan fingerprint density at radius 1 is 1.03 bits per heavy atom. The number of aromatic carboxylic acids is 1. The van der Waals surface area contributed by atoms with E-state index < -0.39 is 5.97 Å². The van der Waals surface area contributed by atoms with Gasteiger partial charge >= 0.3 is 5.97 Å². The van der Waals surface area contributed by atoms with Crippen LogP contribution in [0.2, 0.25) is 5.02 Å². The van der Waals surface area contributed by atoms with Crippen LogP contribution >= 0.6 is 11.6 Å². The molecule has 0 aliphatic carbocycles. The monoisotopic (exact) mass is 458 g/mol. The highest BCUT2D eigenvalue weighted by Crippen LogP contribution is 2.26. The summed E-state index contributed by atoms with van der Waals surface area (Å²) >= 11 is 6.09. The number of aryl methyl sites for hydroxylation is 2. The van der Waals surface area contributed by atoms with Crippen molar-refractivity contribution < 1.29 is 14.6 Å². The van der Waals surface area contributed by atoms with Gasteiger partial charge in [-0.2, -0.15) is 0 Å². The molecule has 1 heterocycles. The quantitative estimate of drug-likeness (QED) is 0.318. The Kier molecular flexibility index (Phi) is 6.61. The number of carbonyl (C=O) groups is 1. The van der Waals surface area contributed by atoms with Gasteiger partial charge in [-0.3, -0.25) is 0 Å². The first-order chi connectivity index (χ1) is 15.9. The van der Waals surface area contributed by atoms with E-state index in [2.05, 4.69) is 17.7 Å². The maximum atomic E-state index is 11.0. The Morgan fingerprint density at radius 2 is 1.70 bits per heavy atom. The molecular formula is C27H23ClN2O3. The molecule has 0 saturated carbocycles. The summed E-state index contributed by atoms with van der Waals surface area (Å²) in [6.45, 7) is 4.94. The minimum Gasteiger partial charge on any atom is -0.478 e. The first kappa shape index (κ1) is 22.4. The highest BCUT2D eigenvalue weighted by atomic mass is 35.5. The molecule has 1 N–H and O–H groups in total. The first-order valence-electron chi connectivity index (χ1n) is 10.6. The fourth-order valence-corrected chi connectivity index (χ4v) is 3.71. The minimum absolute atomic E-state index is 0.225. The Bertz CT molecular complexity index is 1310. The molecule has 6 heteroatoms. The van der Waals surface area contributed by atoms with Crippen molar-refractivity contribution >= 4 is 29.7 Å². The van der Waals surface area contributed by atoms with Crippen molar-refractivity contribution in [1.29, 1.82) is 0 Å². The predicted octanol–water partition coefficient (Wildman–Crippen LogP) is 7.19. The molecular weight excluding hydrogens is 436 g/mol. The average molecular weight is 459 g/mol. The van der Waals surface area contributed by atoms with Crippen molar-refractivity contribution in [3.63, 3.8) is 0 Å². The number of ether oxygens (including phenoxy) is 1. The number of benzene rings is 3. The van der Waals surface area contributed by atoms with E-state index in [0.29, 0.717) is 11.5 Å². The summed E-state index contributed by atoms with van der Waals surface area (Å²) in [4.78, 5) is 15.8. The maximum absolute atomic E-state index is 11.0. The Morgan fingerprint density at radius 3 is 2.30 bits per heavy atom. The second kappa shape index (κ2) is 9.76. The van der Waals surface area contributed by atoms with Gasteiger partial charge in [-0.15, -0.1) is 0 Å². The molecule has 0 radical (unpaired) electrons. The van der Waals surface area contributed by atoms with Crippen molar-refractivity contribution in [3.05, 3.63) is 100 Å². The Labute approximate surface area is 197 Å². The van der Waals surface area contributed by atoms with Crippen LogP contribution in [-0.2, 0) is 6.54 Å². The molecule has 33 heavy (non-hydrogen) atoms. The smallest absolute Gasteiger partial charge is 0.335 e. The molecule has 0 aliphatic rings. The van der Waals surface area contributed by atoms with Gasteiger partial charge in [0.15, 0.2) is 0 Å². The van der Waals surface area contributed by atoms with Gasteiger partial charge in [-0.1, -0.05) is 35.9 Å². The van der Waals surface area contributed by atoms with Gasteiger partial charge in [0.1, 0.15) is 17.3 Å². The number of aromatic nitrogens is 2. The number of imidazole rings is 1. The summed E-state index contributed by atoms with van der Waals surface area (Å²) in [5, 5.41) is 9.70. The number of hydrogen-bond donors (Lipinski definition) is 1. The zero-order valence-corrected chi connectivity index (χ0v) is 19.1. The lowest BCUT2D eigenvalue weighted by Gasteiger charge is -2.06. The van der Waals surface area contributed by atoms with E-state index in [4.69, 9.17) is 26.4 Å². The van der Waals surface area contributed by atoms with Crippen LogP contribution in [0.5, 0.6) is 11.5 Å². The first-order valence-corrected chi connectivity index (χ1v) is 10.9. The molecule has 1 aromatic heterocycles. The molecule has 5 nitrogen and oxygen atoms in total. The van der Waals surface area contributed by atoms with Crippen molar-refractivity contribution in [1.82, 2.24) is 9.55 Å². The van der Waals surface area contributed by atoms with Gasteiger partial charge in [-0.05, 0) is 79.6 Å². The van der Waals surface area contributed by atoms with Crippen molar-refractivity contribution in [2.75, 3.05) is 0 Å². The van der Waals surface area contributed by atoms with E-state index in [-0.39, 0.29) is 5.56 Å². The zero-order chi connectivity index (χ0) is 23.4. The topological polar surface area (TPSA) is 64.4 Å². The normalized spacial score (nSPS) is 11.1. The third kappa shape index (κ3) is 5.33. The molecule has 0 unspecified atom stereocenters. The summed E-state index contributed by atoms with van der Waals surface area (Å²) in [5.74, 6) is 1.17. The number of rotatable bonds is 7. The van der Waals surface area contributed by atoms with Crippen LogP contribution in [-0.4, -0.2) is 20.6 Å². The molecule has 4 rings (SSSR count). The number of carboxylic acids is 1. The van der Waals surface area contributed by atoms with Crippen LogP contribution in [0.4, 0.5) is 0 Å². The third-order valence-electron chi connectivity index (χ3n) is 5.25. The summed E-state index contributed by atoms with van der Waals surface area (Å²) in [5.41, 5.74) is 4.32.